The molecule has 4 aromatic carbocycles. The number of rotatable bonds is 20. The molecule has 0 heterocycles. The summed E-state index contributed by atoms with van der Waals surface area (Å²) in [5.41, 5.74) is 12.6. The lowest BCUT2D eigenvalue weighted by molar-refractivity contribution is 0.297. The van der Waals surface area contributed by atoms with Crippen LogP contribution in [0.15, 0.2) is 48.5 Å². The van der Waals surface area contributed by atoms with E-state index in [-0.39, 0.29) is 0 Å². The molecule has 5 rings (SSSR count). The average molecular weight is 881 g/mol. The molecular formula is C52H64O4S4. The molecule has 0 atom stereocenters. The van der Waals surface area contributed by atoms with Crippen molar-refractivity contribution in [2.45, 2.75) is 132 Å². The van der Waals surface area contributed by atoms with Crippen molar-refractivity contribution in [3.63, 3.8) is 0 Å². The highest BCUT2D eigenvalue weighted by atomic mass is 32.1. The second kappa shape index (κ2) is 23.0. The summed E-state index contributed by atoms with van der Waals surface area (Å²) in [5.74, 6) is 3.57. The van der Waals surface area contributed by atoms with E-state index in [1.54, 1.807) is 0 Å². The zero-order chi connectivity index (χ0) is 43.3. The molecule has 0 amide bonds. The van der Waals surface area contributed by atoms with Crippen molar-refractivity contribution >= 4 is 68.3 Å². The Bertz CT molecular complexity index is 1800. The van der Waals surface area contributed by atoms with E-state index in [1.807, 2.05) is 27.7 Å². The normalized spacial score (nSPS) is 12.1. The Hall–Kier alpha value is -3.56. The van der Waals surface area contributed by atoms with Crippen molar-refractivity contribution in [3.05, 3.63) is 115 Å². The van der Waals surface area contributed by atoms with Crippen LogP contribution in [0.4, 0.5) is 0 Å². The van der Waals surface area contributed by atoms with Crippen molar-refractivity contribution in [1.29, 1.82) is 0 Å². The molecule has 4 nitrogen and oxygen atoms in total. The van der Waals surface area contributed by atoms with E-state index >= 15 is 0 Å². The maximum Gasteiger partial charge on any atom is 0.126 e. The molecule has 0 radical (unpaired) electrons. The first-order chi connectivity index (χ1) is 28.9. The third-order valence-electron chi connectivity index (χ3n) is 11.1. The van der Waals surface area contributed by atoms with E-state index in [0.717, 1.165) is 161 Å². The summed E-state index contributed by atoms with van der Waals surface area (Å²) >= 11 is 23.7. The van der Waals surface area contributed by atoms with Gasteiger partial charge in [0.15, 0.2) is 0 Å². The fourth-order valence-electron chi connectivity index (χ4n) is 7.72. The van der Waals surface area contributed by atoms with Crippen LogP contribution in [0, 0.1) is 0 Å². The van der Waals surface area contributed by atoms with Gasteiger partial charge in [0.05, 0.1) is 26.4 Å². The zero-order valence-corrected chi connectivity index (χ0v) is 40.5. The van der Waals surface area contributed by atoms with Crippen LogP contribution >= 0.6 is 48.9 Å². The Morgan fingerprint density at radius 2 is 0.517 bits per heavy atom. The van der Waals surface area contributed by atoms with Gasteiger partial charge in [-0.3, -0.25) is 0 Å². The van der Waals surface area contributed by atoms with Gasteiger partial charge in [0, 0.05) is 45.1 Å². The number of thiocarbonyl (C=S) groups is 4. The molecule has 8 bridgehead atoms. The highest BCUT2D eigenvalue weighted by Gasteiger charge is 2.25. The number of benzene rings is 4. The standard InChI is InChI=1S/C52H64O4S4/c1-9-13-17-53-49-41-21-37(33(5)57)22-42(49)30-44-24-39(35(7)59)26-46(51(44)55-19-15-11-3)32-48-28-40(36(8)60)27-47(52(48)56-20-16-12-4)31-45-25-38(34(6)58)23-43(29-41)50(45)54-18-14-10-2/h21-28H,9-20,29-32H2,1-8H3. The molecule has 0 unspecified atom stereocenters. The second-order valence-electron chi connectivity index (χ2n) is 16.2. The van der Waals surface area contributed by atoms with Crippen molar-refractivity contribution < 1.29 is 18.9 Å². The van der Waals surface area contributed by atoms with Crippen LogP contribution in [-0.2, 0) is 25.7 Å². The molecule has 60 heavy (non-hydrogen) atoms. The molecule has 320 valence electrons. The lowest BCUT2D eigenvalue weighted by Crippen LogP contribution is -2.13. The molecule has 0 spiro atoms. The molecule has 4 aromatic rings. The monoisotopic (exact) mass is 880 g/mol. The van der Waals surface area contributed by atoms with Gasteiger partial charge in [0.25, 0.3) is 0 Å². The van der Waals surface area contributed by atoms with Gasteiger partial charge < -0.3 is 18.9 Å². The minimum Gasteiger partial charge on any atom is -0.493 e. The Kier molecular flexibility index (Phi) is 18.2. The van der Waals surface area contributed by atoms with E-state index in [9.17, 15) is 0 Å². The lowest BCUT2D eigenvalue weighted by atomic mass is 9.87. The summed E-state index contributed by atoms with van der Waals surface area (Å²) < 4.78 is 27.6. The molecule has 1 aliphatic carbocycles. The molecule has 0 aliphatic heterocycles. The molecule has 0 N–H and O–H groups in total. The molecule has 0 fully saturated rings. The van der Waals surface area contributed by atoms with Gasteiger partial charge in [-0.1, -0.05) is 102 Å². The van der Waals surface area contributed by atoms with E-state index < -0.39 is 0 Å². The van der Waals surface area contributed by atoms with Gasteiger partial charge in [0.2, 0.25) is 0 Å². The Balaban J connectivity index is 1.95. The number of ether oxygens (including phenoxy) is 4. The Labute approximate surface area is 382 Å². The number of unbranched alkanes of at least 4 members (excludes halogenated alkanes) is 4. The van der Waals surface area contributed by atoms with Gasteiger partial charge in [-0.05, 0) is 169 Å². The van der Waals surface area contributed by atoms with Crippen LogP contribution in [0.3, 0.4) is 0 Å². The van der Waals surface area contributed by atoms with Crippen LogP contribution in [0.25, 0.3) is 0 Å². The van der Waals surface area contributed by atoms with Gasteiger partial charge >= 0.3 is 0 Å². The summed E-state index contributed by atoms with van der Waals surface area (Å²) in [6.07, 6.45) is 10.2. The first-order valence-electron chi connectivity index (χ1n) is 22.1. The molecule has 8 heteroatoms. The summed E-state index contributed by atoms with van der Waals surface area (Å²) in [5, 5.41) is 0. The second-order valence-corrected chi connectivity index (χ2v) is 18.7. The Morgan fingerprint density at radius 3 is 0.650 bits per heavy atom. The summed E-state index contributed by atoms with van der Waals surface area (Å²) in [6, 6.07) is 17.8. The molecule has 0 saturated carbocycles. The van der Waals surface area contributed by atoms with Crippen LogP contribution in [0.5, 0.6) is 23.0 Å². The van der Waals surface area contributed by atoms with Crippen LogP contribution in [-0.4, -0.2) is 45.9 Å². The summed E-state index contributed by atoms with van der Waals surface area (Å²) in [6.45, 7) is 19.2. The van der Waals surface area contributed by atoms with Crippen LogP contribution in [0.1, 0.15) is 174 Å². The topological polar surface area (TPSA) is 36.9 Å². The van der Waals surface area contributed by atoms with Gasteiger partial charge in [0.1, 0.15) is 23.0 Å². The fraction of sp³-hybridized carbons (Fsp3) is 0.462. The van der Waals surface area contributed by atoms with Crippen molar-refractivity contribution in [3.8, 4) is 23.0 Å². The largest absolute Gasteiger partial charge is 0.493 e. The fourth-order valence-corrected chi connectivity index (χ4v) is 8.19. The maximum atomic E-state index is 6.89. The SMILES string of the molecule is CCCCOc1c2cc(C(C)=S)cc1Cc1cc(C(C)=S)cc(c1OCCCC)Cc1cc(C(C)=S)cc(c1OCCCC)Cc1cc(C(C)=S)cc(c1OCCCC)C2. The summed E-state index contributed by atoms with van der Waals surface area (Å²) in [7, 11) is 0. The first kappa shape index (κ1) is 47.5. The van der Waals surface area contributed by atoms with Gasteiger partial charge in [-0.2, -0.15) is 0 Å². The predicted octanol–water partition coefficient (Wildman–Crippen LogP) is 14.0. The number of fused-ring (bicyclic) bond motifs is 8. The van der Waals surface area contributed by atoms with E-state index in [1.165, 1.54) is 0 Å². The number of hydrogen-bond acceptors (Lipinski definition) is 8. The maximum absolute atomic E-state index is 6.89. The third-order valence-corrected chi connectivity index (χ3v) is 12.0. The predicted molar refractivity (Wildman–Crippen MR) is 268 cm³/mol. The first-order valence-corrected chi connectivity index (χ1v) is 23.7. The summed E-state index contributed by atoms with van der Waals surface area (Å²) in [4.78, 5) is 3.33. The minimum absolute atomic E-state index is 0.574. The van der Waals surface area contributed by atoms with Crippen molar-refractivity contribution in [2.75, 3.05) is 26.4 Å². The quantitative estimate of drug-likeness (QED) is 0.0435. The molecule has 0 saturated heterocycles. The van der Waals surface area contributed by atoms with Crippen molar-refractivity contribution in [2.24, 2.45) is 0 Å². The van der Waals surface area contributed by atoms with Crippen LogP contribution < -0.4 is 18.9 Å². The Morgan fingerprint density at radius 1 is 0.350 bits per heavy atom. The molecular weight excluding hydrogens is 817 g/mol. The number of hydrogen-bond donors (Lipinski definition) is 0. The molecule has 0 aromatic heterocycles. The van der Waals surface area contributed by atoms with Crippen LogP contribution in [0.2, 0.25) is 0 Å². The van der Waals surface area contributed by atoms with Gasteiger partial charge in [-0.15, -0.1) is 0 Å². The van der Waals surface area contributed by atoms with E-state index in [4.69, 9.17) is 67.8 Å². The van der Waals surface area contributed by atoms with Gasteiger partial charge in [-0.25, -0.2) is 0 Å². The average Bonchev–Trinajstić information content (AvgIpc) is 3.20. The van der Waals surface area contributed by atoms with E-state index in [0.29, 0.717) is 52.1 Å². The van der Waals surface area contributed by atoms with Crippen molar-refractivity contribution in [1.82, 2.24) is 0 Å². The van der Waals surface area contributed by atoms with E-state index in [2.05, 4.69) is 76.2 Å². The highest BCUT2D eigenvalue weighted by molar-refractivity contribution is 7.81. The minimum atomic E-state index is 0.574. The highest BCUT2D eigenvalue weighted by Crippen LogP contribution is 2.41. The smallest absolute Gasteiger partial charge is 0.126 e. The third kappa shape index (κ3) is 12.3. The molecule has 1 aliphatic rings. The zero-order valence-electron chi connectivity index (χ0n) is 37.2. The lowest BCUT2D eigenvalue weighted by Gasteiger charge is -2.25.